The zero-order chi connectivity index (χ0) is 16.7. The van der Waals surface area contributed by atoms with Crippen LogP contribution in [-0.4, -0.2) is 18.6 Å². The van der Waals surface area contributed by atoms with Gasteiger partial charge in [0.15, 0.2) is 0 Å². The van der Waals surface area contributed by atoms with Crippen LogP contribution in [0.1, 0.15) is 22.7 Å². The van der Waals surface area contributed by atoms with Crippen molar-refractivity contribution in [2.45, 2.75) is 12.6 Å². The average molecular weight is 335 g/mol. The summed E-state index contributed by atoms with van der Waals surface area (Å²) in [4.78, 5) is 0. The van der Waals surface area contributed by atoms with Crippen molar-refractivity contribution in [3.8, 4) is 11.1 Å². The van der Waals surface area contributed by atoms with Crippen LogP contribution >= 0.6 is 11.6 Å². The van der Waals surface area contributed by atoms with Crippen LogP contribution in [0.15, 0.2) is 72.8 Å². The number of hydrogen-bond acceptors (Lipinski definition) is 0. The molecular formula is C22H21ClN+. The summed E-state index contributed by atoms with van der Waals surface area (Å²) in [5, 5.41) is 0.811. The van der Waals surface area contributed by atoms with Gasteiger partial charge < -0.3 is 4.48 Å². The van der Waals surface area contributed by atoms with Crippen LogP contribution < -0.4 is 0 Å². The highest BCUT2D eigenvalue weighted by Gasteiger charge is 2.39. The molecule has 2 heteroatoms. The van der Waals surface area contributed by atoms with Crippen molar-refractivity contribution in [2.24, 2.45) is 0 Å². The Kier molecular flexibility index (Phi) is 3.71. The molecule has 0 heterocycles. The van der Waals surface area contributed by atoms with Crippen LogP contribution in [0.3, 0.4) is 0 Å². The first-order chi connectivity index (χ1) is 11.6. The molecule has 0 N–H and O–H groups in total. The van der Waals surface area contributed by atoms with Gasteiger partial charge in [-0.15, -0.1) is 0 Å². The van der Waals surface area contributed by atoms with E-state index in [1.807, 2.05) is 6.07 Å². The number of halogens is 1. The maximum Gasteiger partial charge on any atom is 0.142 e. The largest absolute Gasteiger partial charge is 0.315 e. The Bertz CT molecular complexity index is 883. The number of fused-ring (bicyclic) bond motifs is 3. The van der Waals surface area contributed by atoms with Gasteiger partial charge in [-0.1, -0.05) is 72.3 Å². The first kappa shape index (κ1) is 15.4. The lowest BCUT2D eigenvalue weighted by Crippen LogP contribution is -2.42. The number of quaternary nitrogens is 1. The van der Waals surface area contributed by atoms with E-state index in [2.05, 4.69) is 80.8 Å². The molecule has 0 aromatic heterocycles. The second-order valence-electron chi connectivity index (χ2n) is 7.14. The standard InChI is InChI=1S/C22H21ClN/c1-24(2,15-16-8-4-3-5-9-16)22-20-11-7-6-10-18(20)19-13-12-17(23)14-21(19)22/h3-14,22H,15H2,1-2H3/q+1/t22-/m1/s1. The SMILES string of the molecule is C[N+](C)(Cc1ccccc1)[C@@H]1c2ccccc2-c2ccc(Cl)cc21. The molecule has 4 rings (SSSR count). The van der Waals surface area contributed by atoms with Crippen LogP contribution in [0.4, 0.5) is 0 Å². The minimum Gasteiger partial charge on any atom is -0.315 e. The summed E-state index contributed by atoms with van der Waals surface area (Å²) in [6, 6.07) is 26.1. The van der Waals surface area contributed by atoms with Crippen molar-refractivity contribution in [2.75, 3.05) is 14.1 Å². The predicted octanol–water partition coefficient (Wildman–Crippen LogP) is 5.69. The Morgan fingerprint density at radius 3 is 2.25 bits per heavy atom. The van der Waals surface area contributed by atoms with E-state index in [1.54, 1.807) is 0 Å². The monoisotopic (exact) mass is 334 g/mol. The fourth-order valence-electron chi connectivity index (χ4n) is 4.05. The van der Waals surface area contributed by atoms with Gasteiger partial charge in [-0.2, -0.15) is 0 Å². The summed E-state index contributed by atoms with van der Waals surface area (Å²) >= 11 is 6.33. The van der Waals surface area contributed by atoms with Crippen molar-refractivity contribution < 1.29 is 4.48 Å². The van der Waals surface area contributed by atoms with Gasteiger partial charge >= 0.3 is 0 Å². The molecule has 0 aliphatic heterocycles. The number of hydrogen-bond donors (Lipinski definition) is 0. The Balaban J connectivity index is 1.84. The Morgan fingerprint density at radius 2 is 1.46 bits per heavy atom. The topological polar surface area (TPSA) is 0 Å². The van der Waals surface area contributed by atoms with Crippen molar-refractivity contribution in [3.05, 3.63) is 94.5 Å². The normalized spacial score (nSPS) is 15.9. The van der Waals surface area contributed by atoms with E-state index < -0.39 is 0 Å². The number of benzene rings is 3. The zero-order valence-electron chi connectivity index (χ0n) is 14.0. The van der Waals surface area contributed by atoms with E-state index in [1.165, 1.54) is 27.8 Å². The summed E-state index contributed by atoms with van der Waals surface area (Å²) in [6.45, 7) is 0.978. The molecule has 0 spiro atoms. The van der Waals surface area contributed by atoms with E-state index in [4.69, 9.17) is 11.6 Å². The minimum atomic E-state index is 0.301. The maximum atomic E-state index is 6.33. The summed E-state index contributed by atoms with van der Waals surface area (Å²) in [5.41, 5.74) is 6.75. The number of rotatable bonds is 3. The van der Waals surface area contributed by atoms with Gasteiger partial charge in [-0.25, -0.2) is 0 Å². The first-order valence-corrected chi connectivity index (χ1v) is 8.69. The van der Waals surface area contributed by atoms with Gasteiger partial charge in [-0.3, -0.25) is 0 Å². The molecular weight excluding hydrogens is 314 g/mol. The van der Waals surface area contributed by atoms with Gasteiger partial charge in [0.2, 0.25) is 0 Å². The van der Waals surface area contributed by atoms with Crippen LogP contribution in [0.25, 0.3) is 11.1 Å². The fourth-order valence-corrected chi connectivity index (χ4v) is 4.23. The molecule has 3 aromatic carbocycles. The maximum absolute atomic E-state index is 6.33. The van der Waals surface area contributed by atoms with E-state index >= 15 is 0 Å². The van der Waals surface area contributed by atoms with E-state index in [0.29, 0.717) is 6.04 Å². The van der Waals surface area contributed by atoms with Crippen molar-refractivity contribution in [1.82, 2.24) is 0 Å². The third kappa shape index (κ3) is 2.54. The molecule has 0 saturated heterocycles. The molecule has 1 aliphatic rings. The van der Waals surface area contributed by atoms with Gasteiger partial charge in [0.05, 0.1) is 14.1 Å². The summed E-state index contributed by atoms with van der Waals surface area (Å²) in [7, 11) is 4.62. The van der Waals surface area contributed by atoms with Crippen LogP contribution in [0, 0.1) is 0 Å². The fraction of sp³-hybridized carbons (Fsp3) is 0.182. The van der Waals surface area contributed by atoms with Gasteiger partial charge in [0.1, 0.15) is 12.6 Å². The number of nitrogens with zero attached hydrogens (tertiary/aromatic N) is 1. The highest BCUT2D eigenvalue weighted by Crippen LogP contribution is 2.49. The summed E-state index contributed by atoms with van der Waals surface area (Å²) in [6.07, 6.45) is 0. The first-order valence-electron chi connectivity index (χ1n) is 8.31. The van der Waals surface area contributed by atoms with Gasteiger partial charge in [0.25, 0.3) is 0 Å². The van der Waals surface area contributed by atoms with Crippen molar-refractivity contribution >= 4 is 11.6 Å². The summed E-state index contributed by atoms with van der Waals surface area (Å²) < 4.78 is 0.869. The molecule has 1 aliphatic carbocycles. The Morgan fingerprint density at radius 1 is 0.792 bits per heavy atom. The molecule has 120 valence electrons. The quantitative estimate of drug-likeness (QED) is 0.540. The van der Waals surface area contributed by atoms with Crippen LogP contribution in [-0.2, 0) is 6.54 Å². The second-order valence-corrected chi connectivity index (χ2v) is 7.58. The predicted molar refractivity (Wildman–Crippen MR) is 101 cm³/mol. The average Bonchev–Trinajstić information content (AvgIpc) is 2.89. The second kappa shape index (κ2) is 5.77. The molecule has 1 nitrogen and oxygen atoms in total. The molecule has 1 atom stereocenters. The lowest BCUT2D eigenvalue weighted by molar-refractivity contribution is -0.927. The molecule has 0 bridgehead atoms. The molecule has 0 radical (unpaired) electrons. The molecule has 24 heavy (non-hydrogen) atoms. The van der Waals surface area contributed by atoms with Crippen molar-refractivity contribution in [3.63, 3.8) is 0 Å². The van der Waals surface area contributed by atoms with E-state index in [-0.39, 0.29) is 0 Å². The highest BCUT2D eigenvalue weighted by molar-refractivity contribution is 6.30. The Labute approximate surface area is 148 Å². The van der Waals surface area contributed by atoms with E-state index in [9.17, 15) is 0 Å². The van der Waals surface area contributed by atoms with Gasteiger partial charge in [-0.05, 0) is 23.3 Å². The lowest BCUT2D eigenvalue weighted by Gasteiger charge is -2.37. The Hall–Kier alpha value is -2.09. The summed E-state index contributed by atoms with van der Waals surface area (Å²) in [5.74, 6) is 0. The molecule has 3 aromatic rings. The molecule has 0 fully saturated rings. The molecule has 0 unspecified atom stereocenters. The zero-order valence-corrected chi connectivity index (χ0v) is 14.8. The van der Waals surface area contributed by atoms with Crippen molar-refractivity contribution in [1.29, 1.82) is 0 Å². The smallest absolute Gasteiger partial charge is 0.142 e. The lowest BCUT2D eigenvalue weighted by atomic mass is 10.0. The highest BCUT2D eigenvalue weighted by atomic mass is 35.5. The van der Waals surface area contributed by atoms with Crippen LogP contribution in [0.5, 0.6) is 0 Å². The minimum absolute atomic E-state index is 0.301. The van der Waals surface area contributed by atoms with E-state index in [0.717, 1.165) is 16.1 Å². The van der Waals surface area contributed by atoms with Gasteiger partial charge in [0, 0.05) is 21.7 Å². The third-order valence-electron chi connectivity index (χ3n) is 4.99. The third-order valence-corrected chi connectivity index (χ3v) is 5.22. The molecule has 0 amide bonds. The van der Waals surface area contributed by atoms with Crippen LogP contribution in [0.2, 0.25) is 5.02 Å². The molecule has 0 saturated carbocycles.